The molecule has 2 amide bonds. The van der Waals surface area contributed by atoms with Crippen molar-refractivity contribution in [2.75, 3.05) is 7.11 Å². The van der Waals surface area contributed by atoms with E-state index in [9.17, 15) is 9.59 Å². The Labute approximate surface area is 202 Å². The van der Waals surface area contributed by atoms with Crippen LogP contribution in [0.15, 0.2) is 77.9 Å². The average Bonchev–Trinajstić information content (AvgIpc) is 2.87. The molecule has 8 heteroatoms. The van der Waals surface area contributed by atoms with E-state index in [1.165, 1.54) is 7.11 Å². The first-order valence-corrected chi connectivity index (χ1v) is 11.2. The number of aromatic nitrogens is 1. The highest BCUT2D eigenvalue weighted by atomic mass is 35.5. The summed E-state index contributed by atoms with van der Waals surface area (Å²) in [6, 6.07) is 19.2. The van der Waals surface area contributed by atoms with Crippen molar-refractivity contribution in [3.8, 4) is 5.88 Å². The van der Waals surface area contributed by atoms with Crippen LogP contribution in [0.1, 0.15) is 29.2 Å². The van der Waals surface area contributed by atoms with E-state index in [4.69, 9.17) is 21.1 Å². The smallest absolute Gasteiger partial charge is 0.341 e. The molecule has 4 rings (SSSR count). The van der Waals surface area contributed by atoms with Crippen LogP contribution in [-0.2, 0) is 22.6 Å². The van der Waals surface area contributed by atoms with Gasteiger partial charge < -0.3 is 14.8 Å². The van der Waals surface area contributed by atoms with Gasteiger partial charge in [-0.15, -0.1) is 0 Å². The average molecular weight is 478 g/mol. The maximum atomic E-state index is 13.3. The summed E-state index contributed by atoms with van der Waals surface area (Å²) in [7, 11) is 1.52. The van der Waals surface area contributed by atoms with Gasteiger partial charge in [-0.2, -0.15) is 0 Å². The lowest BCUT2D eigenvalue weighted by atomic mass is 9.86. The lowest BCUT2D eigenvalue weighted by molar-refractivity contribution is -0.148. The number of rotatable bonds is 8. The van der Waals surface area contributed by atoms with Crippen molar-refractivity contribution in [1.29, 1.82) is 0 Å². The summed E-state index contributed by atoms with van der Waals surface area (Å²) in [4.78, 5) is 34.2. The molecule has 1 aliphatic heterocycles. The molecule has 0 spiro atoms. The Hall–Kier alpha value is -3.71. The van der Waals surface area contributed by atoms with E-state index in [1.54, 1.807) is 18.3 Å². The molecule has 7 nitrogen and oxygen atoms in total. The lowest BCUT2D eigenvalue weighted by Gasteiger charge is -2.31. The minimum Gasteiger partial charge on any atom is -0.481 e. The second kappa shape index (κ2) is 10.9. The van der Waals surface area contributed by atoms with Crippen LogP contribution in [0.2, 0.25) is 5.02 Å². The van der Waals surface area contributed by atoms with E-state index < -0.39 is 24.0 Å². The predicted molar refractivity (Wildman–Crippen MR) is 129 cm³/mol. The van der Waals surface area contributed by atoms with Crippen molar-refractivity contribution in [3.63, 3.8) is 0 Å². The number of nitrogens with one attached hydrogen (secondary N) is 1. The standard InChI is InChI=1S/C26H24ClN3O4/c1-33-22-14-12-19(15-28-22)24-23(25(31)34-16-17-7-3-2-4-8-17)21(29-26(32)30-24)13-11-18-9-5-6-10-20(18)27/h2-10,12,14-15,23-24H,11,13,16H2,1H3,(H,30,32). The number of urea groups is 1. The van der Waals surface area contributed by atoms with E-state index in [0.717, 1.165) is 11.1 Å². The maximum absolute atomic E-state index is 13.3. The Morgan fingerprint density at radius 3 is 2.50 bits per heavy atom. The van der Waals surface area contributed by atoms with E-state index in [2.05, 4.69) is 15.3 Å². The van der Waals surface area contributed by atoms with Crippen molar-refractivity contribution in [2.24, 2.45) is 10.9 Å². The highest BCUT2D eigenvalue weighted by Crippen LogP contribution is 2.31. The predicted octanol–water partition coefficient (Wildman–Crippen LogP) is 4.94. The van der Waals surface area contributed by atoms with Gasteiger partial charge in [0, 0.05) is 23.0 Å². The molecule has 2 atom stereocenters. The third kappa shape index (κ3) is 5.61. The minimum absolute atomic E-state index is 0.121. The van der Waals surface area contributed by atoms with Gasteiger partial charge in [0.15, 0.2) is 0 Å². The van der Waals surface area contributed by atoms with E-state index >= 15 is 0 Å². The van der Waals surface area contributed by atoms with Crippen LogP contribution in [-0.4, -0.2) is 29.8 Å². The number of aliphatic imine (C=N–C) groups is 1. The number of aryl methyl sites for hydroxylation is 1. The third-order valence-electron chi connectivity index (χ3n) is 5.63. The molecule has 1 aliphatic rings. The Balaban J connectivity index is 1.61. The molecular weight excluding hydrogens is 454 g/mol. The van der Waals surface area contributed by atoms with Crippen LogP contribution in [0, 0.1) is 5.92 Å². The number of carbonyl (C=O) groups excluding carboxylic acids is 2. The molecule has 0 saturated heterocycles. The van der Waals surface area contributed by atoms with Crippen LogP contribution >= 0.6 is 11.6 Å². The molecule has 1 aromatic heterocycles. The highest BCUT2D eigenvalue weighted by molar-refractivity contribution is 6.31. The number of carbonyl (C=O) groups is 2. The molecule has 0 fully saturated rings. The minimum atomic E-state index is -0.806. The largest absolute Gasteiger partial charge is 0.481 e. The second-order valence-electron chi connectivity index (χ2n) is 7.83. The zero-order valence-corrected chi connectivity index (χ0v) is 19.4. The number of pyridine rings is 1. The van der Waals surface area contributed by atoms with Gasteiger partial charge in [0.1, 0.15) is 12.5 Å². The molecule has 2 unspecified atom stereocenters. The first-order valence-electron chi connectivity index (χ1n) is 10.9. The van der Waals surface area contributed by atoms with Crippen molar-refractivity contribution < 1.29 is 19.1 Å². The molecule has 0 bridgehead atoms. The van der Waals surface area contributed by atoms with E-state index in [1.807, 2.05) is 54.6 Å². The van der Waals surface area contributed by atoms with Crippen LogP contribution in [0.25, 0.3) is 0 Å². The van der Waals surface area contributed by atoms with Gasteiger partial charge >= 0.3 is 12.0 Å². The van der Waals surface area contributed by atoms with Crippen molar-refractivity contribution in [3.05, 3.63) is 94.6 Å². The monoisotopic (exact) mass is 477 g/mol. The van der Waals surface area contributed by atoms with Gasteiger partial charge in [-0.25, -0.2) is 14.8 Å². The van der Waals surface area contributed by atoms with Gasteiger partial charge in [-0.3, -0.25) is 4.79 Å². The Bertz CT molecular complexity index is 1180. The summed E-state index contributed by atoms with van der Waals surface area (Å²) < 4.78 is 10.8. The van der Waals surface area contributed by atoms with Gasteiger partial charge in [-0.1, -0.05) is 66.2 Å². The summed E-state index contributed by atoms with van der Waals surface area (Å²) in [5.41, 5.74) is 2.88. The molecule has 0 aliphatic carbocycles. The quantitative estimate of drug-likeness (QED) is 0.464. The fourth-order valence-corrected chi connectivity index (χ4v) is 4.11. The van der Waals surface area contributed by atoms with Crippen LogP contribution in [0.5, 0.6) is 5.88 Å². The first kappa shape index (κ1) is 23.4. The van der Waals surface area contributed by atoms with Crippen molar-refractivity contribution >= 4 is 29.3 Å². The Kier molecular flexibility index (Phi) is 7.54. The molecule has 2 aromatic carbocycles. The fourth-order valence-electron chi connectivity index (χ4n) is 3.88. The molecule has 1 N–H and O–H groups in total. The summed E-state index contributed by atoms with van der Waals surface area (Å²) >= 11 is 6.31. The first-order chi connectivity index (χ1) is 16.5. The second-order valence-corrected chi connectivity index (χ2v) is 8.23. The van der Waals surface area contributed by atoms with E-state index in [0.29, 0.717) is 35.0 Å². The molecule has 174 valence electrons. The molecular formula is C26H24ClN3O4. The van der Waals surface area contributed by atoms with Crippen LogP contribution in [0.4, 0.5) is 4.79 Å². The number of nitrogens with zero attached hydrogens (tertiary/aromatic N) is 2. The number of hydrogen-bond donors (Lipinski definition) is 1. The molecule has 2 heterocycles. The number of methoxy groups -OCH3 is 1. The lowest BCUT2D eigenvalue weighted by Crippen LogP contribution is -2.45. The Morgan fingerprint density at radius 2 is 1.79 bits per heavy atom. The van der Waals surface area contributed by atoms with Gasteiger partial charge in [0.05, 0.1) is 13.2 Å². The number of halogens is 1. The number of hydrogen-bond acceptors (Lipinski definition) is 5. The summed E-state index contributed by atoms with van der Waals surface area (Å²) in [5.74, 6) is -0.844. The van der Waals surface area contributed by atoms with E-state index in [-0.39, 0.29) is 6.61 Å². The third-order valence-corrected chi connectivity index (χ3v) is 6.00. The van der Waals surface area contributed by atoms with Gasteiger partial charge in [0.2, 0.25) is 5.88 Å². The zero-order valence-electron chi connectivity index (χ0n) is 18.6. The topological polar surface area (TPSA) is 89.9 Å². The molecule has 0 saturated carbocycles. The summed E-state index contributed by atoms with van der Waals surface area (Å²) in [6.07, 6.45) is 2.49. The summed E-state index contributed by atoms with van der Waals surface area (Å²) in [5, 5.41) is 3.43. The van der Waals surface area contributed by atoms with Crippen molar-refractivity contribution in [2.45, 2.75) is 25.5 Å². The summed E-state index contributed by atoms with van der Waals surface area (Å²) in [6.45, 7) is 0.121. The van der Waals surface area contributed by atoms with Crippen LogP contribution in [0.3, 0.4) is 0 Å². The number of ether oxygens (including phenoxy) is 2. The Morgan fingerprint density at radius 1 is 1.03 bits per heavy atom. The number of benzene rings is 2. The normalized spacial score (nSPS) is 17.5. The van der Waals surface area contributed by atoms with Gasteiger partial charge in [0.25, 0.3) is 0 Å². The molecule has 34 heavy (non-hydrogen) atoms. The highest BCUT2D eigenvalue weighted by Gasteiger charge is 2.39. The van der Waals surface area contributed by atoms with Gasteiger partial charge in [-0.05, 0) is 35.6 Å². The number of esters is 1. The SMILES string of the molecule is COc1ccc(C2NC(=O)N=C(CCc3ccccc3Cl)C2C(=O)OCc2ccccc2)cn1. The molecule has 0 radical (unpaired) electrons. The van der Waals surface area contributed by atoms with Crippen molar-refractivity contribution in [1.82, 2.24) is 10.3 Å². The van der Waals surface area contributed by atoms with Crippen LogP contribution < -0.4 is 10.1 Å². The zero-order chi connectivity index (χ0) is 23.9. The fraction of sp³-hybridized carbons (Fsp3) is 0.231. The molecule has 3 aromatic rings. The number of amides is 2. The maximum Gasteiger partial charge on any atom is 0.341 e.